The number of nitrogens with zero attached hydrogens (tertiary/aromatic N) is 1. The summed E-state index contributed by atoms with van der Waals surface area (Å²) < 4.78 is 5.12. The third-order valence-electron chi connectivity index (χ3n) is 1.98. The summed E-state index contributed by atoms with van der Waals surface area (Å²) in [4.78, 5) is 13.3. The molecule has 0 bridgehead atoms. The number of benzene rings is 1. The highest BCUT2D eigenvalue weighted by Gasteiger charge is 2.06. The molecule has 0 radical (unpaired) electrons. The van der Waals surface area contributed by atoms with Crippen molar-refractivity contribution in [1.29, 1.82) is 0 Å². The monoisotopic (exact) mass is 176 g/mol. The Bertz CT molecular complexity index is 448. The molecule has 0 fully saturated rings. The fourth-order valence-corrected chi connectivity index (χ4v) is 1.37. The Hall–Kier alpha value is -1.84. The van der Waals surface area contributed by atoms with Crippen LogP contribution in [0.25, 0.3) is 10.9 Å². The van der Waals surface area contributed by atoms with Crippen LogP contribution in [0.5, 0.6) is 5.75 Å². The Labute approximate surface area is 74.5 Å². The van der Waals surface area contributed by atoms with Gasteiger partial charge in [0.25, 0.3) is 0 Å². The normalized spacial score (nSPS) is 10.2. The van der Waals surface area contributed by atoms with Crippen molar-refractivity contribution in [3.63, 3.8) is 0 Å². The zero-order valence-corrected chi connectivity index (χ0v) is 7.07. The quantitative estimate of drug-likeness (QED) is 0.715. The van der Waals surface area contributed by atoms with Crippen molar-refractivity contribution in [2.45, 2.75) is 0 Å². The summed E-state index contributed by atoms with van der Waals surface area (Å²) in [7, 11) is 1.59. The molecule has 0 saturated carbocycles. The van der Waals surface area contributed by atoms with Gasteiger partial charge in [-0.15, -0.1) is 4.91 Å². The molecule has 0 amide bonds. The van der Waals surface area contributed by atoms with Gasteiger partial charge in [0, 0.05) is 11.6 Å². The van der Waals surface area contributed by atoms with Gasteiger partial charge in [0.2, 0.25) is 0 Å². The molecule has 0 aliphatic carbocycles. The summed E-state index contributed by atoms with van der Waals surface area (Å²) in [5, 5.41) is 3.78. The molecule has 0 aliphatic rings. The minimum atomic E-state index is 0.404. The minimum absolute atomic E-state index is 0.404. The van der Waals surface area contributed by atoms with Crippen LogP contribution in [-0.2, 0) is 0 Å². The van der Waals surface area contributed by atoms with Crippen LogP contribution in [0.1, 0.15) is 0 Å². The van der Waals surface area contributed by atoms with Crippen LogP contribution in [0, 0.1) is 4.91 Å². The highest BCUT2D eigenvalue weighted by Crippen LogP contribution is 2.31. The van der Waals surface area contributed by atoms with Gasteiger partial charge < -0.3 is 9.72 Å². The number of fused-ring (bicyclic) bond motifs is 1. The molecule has 4 heteroatoms. The van der Waals surface area contributed by atoms with Gasteiger partial charge in [-0.2, -0.15) is 0 Å². The molecule has 0 atom stereocenters. The van der Waals surface area contributed by atoms with E-state index in [1.54, 1.807) is 25.4 Å². The SMILES string of the molecule is COc1ccc(N=O)c2[nH]ccc12. The van der Waals surface area contributed by atoms with Crippen LogP contribution in [0.2, 0.25) is 0 Å². The van der Waals surface area contributed by atoms with Crippen LogP contribution in [0.4, 0.5) is 5.69 Å². The van der Waals surface area contributed by atoms with Crippen LogP contribution in [0.15, 0.2) is 29.6 Å². The number of rotatable bonds is 2. The summed E-state index contributed by atoms with van der Waals surface area (Å²) in [6, 6.07) is 5.21. The van der Waals surface area contributed by atoms with Gasteiger partial charge in [0.15, 0.2) is 0 Å². The molecule has 2 rings (SSSR count). The Kier molecular flexibility index (Phi) is 1.73. The summed E-state index contributed by atoms with van der Waals surface area (Å²) in [5.74, 6) is 0.739. The van der Waals surface area contributed by atoms with E-state index in [-0.39, 0.29) is 0 Å². The number of hydrogen-bond donors (Lipinski definition) is 1. The molecule has 13 heavy (non-hydrogen) atoms. The number of nitroso groups, excluding NO2 is 1. The van der Waals surface area contributed by atoms with Gasteiger partial charge in [-0.3, -0.25) is 0 Å². The van der Waals surface area contributed by atoms with Gasteiger partial charge >= 0.3 is 0 Å². The number of aromatic amines is 1. The first-order chi connectivity index (χ1) is 6.36. The highest BCUT2D eigenvalue weighted by molar-refractivity contribution is 5.94. The summed E-state index contributed by atoms with van der Waals surface area (Å²) >= 11 is 0. The Morgan fingerprint density at radius 1 is 1.38 bits per heavy atom. The number of nitrogens with one attached hydrogen (secondary N) is 1. The van der Waals surface area contributed by atoms with Crippen molar-refractivity contribution in [1.82, 2.24) is 4.98 Å². The maximum Gasteiger partial charge on any atom is 0.132 e. The van der Waals surface area contributed by atoms with E-state index in [0.29, 0.717) is 11.2 Å². The van der Waals surface area contributed by atoms with E-state index in [1.807, 2.05) is 6.07 Å². The molecule has 1 N–H and O–H groups in total. The standard InChI is InChI=1S/C9H8N2O2/c1-13-8-3-2-7(11-12)9-6(8)4-5-10-9/h2-5,10H,1H3. The molecule has 1 aromatic carbocycles. The third kappa shape index (κ3) is 1.07. The molecule has 66 valence electrons. The molecule has 4 nitrogen and oxygen atoms in total. The molecule has 0 aliphatic heterocycles. The smallest absolute Gasteiger partial charge is 0.132 e. The van der Waals surface area contributed by atoms with E-state index < -0.39 is 0 Å². The van der Waals surface area contributed by atoms with Gasteiger partial charge in [-0.1, -0.05) is 0 Å². The fourth-order valence-electron chi connectivity index (χ4n) is 1.37. The zero-order chi connectivity index (χ0) is 9.26. The van der Waals surface area contributed by atoms with E-state index >= 15 is 0 Å². The Balaban J connectivity index is 2.81. The average Bonchev–Trinajstić information content (AvgIpc) is 2.64. The van der Waals surface area contributed by atoms with E-state index in [4.69, 9.17) is 4.74 Å². The average molecular weight is 176 g/mol. The second-order valence-electron chi connectivity index (χ2n) is 2.64. The highest BCUT2D eigenvalue weighted by atomic mass is 16.5. The largest absolute Gasteiger partial charge is 0.496 e. The first-order valence-electron chi connectivity index (χ1n) is 3.84. The van der Waals surface area contributed by atoms with Crippen molar-refractivity contribution < 1.29 is 4.74 Å². The lowest BCUT2D eigenvalue weighted by Gasteiger charge is -2.01. The Morgan fingerprint density at radius 3 is 2.92 bits per heavy atom. The molecule has 1 aromatic heterocycles. The molecule has 1 heterocycles. The second kappa shape index (κ2) is 2.90. The molecule has 0 unspecified atom stereocenters. The summed E-state index contributed by atoms with van der Waals surface area (Å²) in [6.07, 6.45) is 1.75. The van der Waals surface area contributed by atoms with E-state index in [2.05, 4.69) is 10.2 Å². The van der Waals surface area contributed by atoms with Gasteiger partial charge in [0.05, 0.1) is 12.6 Å². The van der Waals surface area contributed by atoms with E-state index in [1.165, 1.54) is 0 Å². The van der Waals surface area contributed by atoms with Gasteiger partial charge in [-0.05, 0) is 23.4 Å². The topological polar surface area (TPSA) is 54.4 Å². The number of aromatic nitrogens is 1. The zero-order valence-electron chi connectivity index (χ0n) is 7.07. The predicted octanol–water partition coefficient (Wildman–Crippen LogP) is 2.57. The van der Waals surface area contributed by atoms with Crippen LogP contribution < -0.4 is 4.74 Å². The van der Waals surface area contributed by atoms with Crippen molar-refractivity contribution in [3.8, 4) is 5.75 Å². The first-order valence-corrected chi connectivity index (χ1v) is 3.84. The molecule has 2 aromatic rings. The van der Waals surface area contributed by atoms with E-state index in [9.17, 15) is 4.91 Å². The third-order valence-corrected chi connectivity index (χ3v) is 1.98. The maximum atomic E-state index is 10.4. The molecule has 0 saturated heterocycles. The van der Waals surface area contributed by atoms with Crippen LogP contribution in [0.3, 0.4) is 0 Å². The molecule has 0 spiro atoms. The van der Waals surface area contributed by atoms with Crippen LogP contribution >= 0.6 is 0 Å². The number of methoxy groups -OCH3 is 1. The lowest BCUT2D eigenvalue weighted by molar-refractivity contribution is 0.420. The summed E-state index contributed by atoms with van der Waals surface area (Å²) in [6.45, 7) is 0. The number of hydrogen-bond acceptors (Lipinski definition) is 3. The Morgan fingerprint density at radius 2 is 2.23 bits per heavy atom. The lowest BCUT2D eigenvalue weighted by Crippen LogP contribution is -1.82. The molecular weight excluding hydrogens is 168 g/mol. The lowest BCUT2D eigenvalue weighted by atomic mass is 10.2. The molecular formula is C9H8N2O2. The van der Waals surface area contributed by atoms with Crippen molar-refractivity contribution >= 4 is 16.6 Å². The second-order valence-corrected chi connectivity index (χ2v) is 2.64. The maximum absolute atomic E-state index is 10.4. The minimum Gasteiger partial charge on any atom is -0.496 e. The van der Waals surface area contributed by atoms with E-state index in [0.717, 1.165) is 11.1 Å². The van der Waals surface area contributed by atoms with Crippen molar-refractivity contribution in [2.24, 2.45) is 5.18 Å². The first kappa shape index (κ1) is 7.79. The fraction of sp³-hybridized carbons (Fsp3) is 0.111. The van der Waals surface area contributed by atoms with Crippen molar-refractivity contribution in [3.05, 3.63) is 29.3 Å². The number of ether oxygens (including phenoxy) is 1. The predicted molar refractivity (Wildman–Crippen MR) is 50.3 cm³/mol. The van der Waals surface area contributed by atoms with Crippen molar-refractivity contribution in [2.75, 3.05) is 7.11 Å². The summed E-state index contributed by atoms with van der Waals surface area (Å²) in [5.41, 5.74) is 1.12. The van der Waals surface area contributed by atoms with Gasteiger partial charge in [0.1, 0.15) is 11.4 Å². The van der Waals surface area contributed by atoms with Crippen LogP contribution in [-0.4, -0.2) is 12.1 Å². The van der Waals surface area contributed by atoms with Gasteiger partial charge in [-0.25, -0.2) is 0 Å². The number of H-pyrrole nitrogens is 1.